The van der Waals surface area contributed by atoms with Crippen LogP contribution in [-0.4, -0.2) is 59.4 Å². The van der Waals surface area contributed by atoms with Crippen LogP contribution in [0.4, 0.5) is 0 Å². The Balaban J connectivity index is 1.65. The van der Waals surface area contributed by atoms with E-state index in [2.05, 4.69) is 17.1 Å². The molecule has 2 aliphatic carbocycles. The van der Waals surface area contributed by atoms with Crippen LogP contribution in [0.1, 0.15) is 45.4 Å². The van der Waals surface area contributed by atoms with Crippen molar-refractivity contribution in [2.45, 2.75) is 69.2 Å². The van der Waals surface area contributed by atoms with Gasteiger partial charge in [-0.1, -0.05) is 0 Å². The first-order valence-electron chi connectivity index (χ1n) is 7.96. The second kappa shape index (κ2) is 5.62. The highest BCUT2D eigenvalue weighted by atomic mass is 16.5. The molecule has 1 aliphatic heterocycles. The predicted molar refractivity (Wildman–Crippen MR) is 75.8 cm³/mol. The maximum atomic E-state index is 11.7. The number of nitrogens with one attached hydrogen (secondary N) is 1. The van der Waals surface area contributed by atoms with Crippen molar-refractivity contribution in [3.05, 3.63) is 0 Å². The highest BCUT2D eigenvalue weighted by Gasteiger charge is 2.49. The minimum Gasteiger partial charge on any atom is -0.480 e. The number of carbonyl (C=O) groups is 1. The Bertz CT molecular complexity index is 372. The molecule has 0 bridgehead atoms. The van der Waals surface area contributed by atoms with Crippen LogP contribution in [0.25, 0.3) is 0 Å². The minimum absolute atomic E-state index is 0.258. The van der Waals surface area contributed by atoms with Crippen LogP contribution >= 0.6 is 0 Å². The number of nitrogens with zero attached hydrogens (tertiary/aromatic N) is 1. The van der Waals surface area contributed by atoms with E-state index in [1.54, 1.807) is 0 Å². The molecule has 2 saturated carbocycles. The summed E-state index contributed by atoms with van der Waals surface area (Å²) in [5.74, 6) is -0.661. The summed E-state index contributed by atoms with van der Waals surface area (Å²) in [5, 5.41) is 13.1. The quantitative estimate of drug-likeness (QED) is 0.812. The van der Waals surface area contributed by atoms with Crippen LogP contribution in [-0.2, 0) is 9.53 Å². The van der Waals surface area contributed by atoms with Crippen LogP contribution in [0, 0.1) is 0 Å². The molecule has 3 fully saturated rings. The van der Waals surface area contributed by atoms with Gasteiger partial charge < -0.3 is 9.84 Å². The van der Waals surface area contributed by atoms with Crippen molar-refractivity contribution in [3.8, 4) is 0 Å². The topological polar surface area (TPSA) is 61.8 Å². The van der Waals surface area contributed by atoms with Crippen molar-refractivity contribution in [2.24, 2.45) is 0 Å². The van der Waals surface area contributed by atoms with E-state index in [1.807, 2.05) is 0 Å². The van der Waals surface area contributed by atoms with Gasteiger partial charge in [-0.2, -0.15) is 0 Å². The first kappa shape index (κ1) is 14.3. The largest absolute Gasteiger partial charge is 0.480 e. The van der Waals surface area contributed by atoms with Crippen LogP contribution in [0.5, 0.6) is 0 Å². The van der Waals surface area contributed by atoms with Crippen LogP contribution in [0.15, 0.2) is 0 Å². The maximum absolute atomic E-state index is 11.7. The van der Waals surface area contributed by atoms with E-state index in [4.69, 9.17) is 4.74 Å². The van der Waals surface area contributed by atoms with Gasteiger partial charge in [0.1, 0.15) is 5.54 Å². The molecule has 0 aromatic carbocycles. The molecule has 0 radical (unpaired) electrons. The normalized spacial score (nSPS) is 39.6. The third-order valence-electron chi connectivity index (χ3n) is 4.96. The van der Waals surface area contributed by atoms with Gasteiger partial charge >= 0.3 is 5.97 Å². The standard InChI is InChI=1S/C15H26N2O3/c1-11-10-17(7-2-8-20-11)13-5-6-15(9-13,14(18)19)16-12-3-4-12/h11-13,16H,2-10H2,1H3,(H,18,19). The van der Waals surface area contributed by atoms with Crippen LogP contribution < -0.4 is 5.32 Å². The molecule has 3 atom stereocenters. The molecular weight excluding hydrogens is 256 g/mol. The molecule has 5 nitrogen and oxygen atoms in total. The Morgan fingerprint density at radius 3 is 2.90 bits per heavy atom. The van der Waals surface area contributed by atoms with Gasteiger partial charge in [0.05, 0.1) is 6.10 Å². The number of hydrogen-bond acceptors (Lipinski definition) is 4. The molecule has 3 rings (SSSR count). The Hall–Kier alpha value is -0.650. The van der Waals surface area contributed by atoms with Crippen molar-refractivity contribution in [1.82, 2.24) is 10.2 Å². The van der Waals surface area contributed by atoms with Gasteiger partial charge in [-0.3, -0.25) is 15.0 Å². The van der Waals surface area contributed by atoms with Crippen molar-refractivity contribution in [3.63, 3.8) is 0 Å². The smallest absolute Gasteiger partial charge is 0.323 e. The molecule has 5 heteroatoms. The fraction of sp³-hybridized carbons (Fsp3) is 0.933. The number of rotatable bonds is 4. The molecule has 20 heavy (non-hydrogen) atoms. The molecule has 0 aromatic rings. The van der Waals surface area contributed by atoms with Gasteiger partial charge in [0.2, 0.25) is 0 Å². The zero-order chi connectivity index (χ0) is 14.2. The summed E-state index contributed by atoms with van der Waals surface area (Å²) in [5.41, 5.74) is -0.678. The second-order valence-electron chi connectivity index (χ2n) is 6.73. The number of hydrogen-bond donors (Lipinski definition) is 2. The molecule has 0 spiro atoms. The second-order valence-corrected chi connectivity index (χ2v) is 6.73. The first-order chi connectivity index (χ1) is 9.59. The highest BCUT2D eigenvalue weighted by Crippen LogP contribution is 2.37. The summed E-state index contributed by atoms with van der Waals surface area (Å²) < 4.78 is 5.69. The summed E-state index contributed by atoms with van der Waals surface area (Å²) in [6.07, 6.45) is 6.06. The lowest BCUT2D eigenvalue weighted by Crippen LogP contribution is -2.52. The Morgan fingerprint density at radius 2 is 2.20 bits per heavy atom. The van der Waals surface area contributed by atoms with Gasteiger partial charge in [0.15, 0.2) is 0 Å². The average Bonchev–Trinajstić information content (AvgIpc) is 3.14. The monoisotopic (exact) mass is 282 g/mol. The molecule has 3 unspecified atom stereocenters. The Labute approximate surface area is 120 Å². The van der Waals surface area contributed by atoms with Crippen molar-refractivity contribution in [1.29, 1.82) is 0 Å². The summed E-state index contributed by atoms with van der Waals surface area (Å²) in [6, 6.07) is 0.831. The van der Waals surface area contributed by atoms with E-state index in [0.29, 0.717) is 12.1 Å². The lowest BCUT2D eigenvalue weighted by molar-refractivity contribution is -0.145. The average molecular weight is 282 g/mol. The van der Waals surface area contributed by atoms with E-state index < -0.39 is 11.5 Å². The van der Waals surface area contributed by atoms with Crippen molar-refractivity contribution in [2.75, 3.05) is 19.7 Å². The molecule has 1 heterocycles. The zero-order valence-electron chi connectivity index (χ0n) is 12.3. The van der Waals surface area contributed by atoms with Crippen molar-refractivity contribution >= 4 is 5.97 Å². The Morgan fingerprint density at radius 1 is 1.40 bits per heavy atom. The third-order valence-corrected chi connectivity index (χ3v) is 4.96. The minimum atomic E-state index is -0.678. The van der Waals surface area contributed by atoms with E-state index >= 15 is 0 Å². The lowest BCUT2D eigenvalue weighted by Gasteiger charge is -2.31. The van der Waals surface area contributed by atoms with E-state index in [1.165, 1.54) is 0 Å². The van der Waals surface area contributed by atoms with E-state index in [0.717, 1.165) is 58.2 Å². The Kier molecular flexibility index (Phi) is 4.02. The summed E-state index contributed by atoms with van der Waals surface area (Å²) >= 11 is 0. The van der Waals surface area contributed by atoms with Crippen LogP contribution in [0.3, 0.4) is 0 Å². The maximum Gasteiger partial charge on any atom is 0.323 e. The summed E-state index contributed by atoms with van der Waals surface area (Å²) in [4.78, 5) is 14.2. The van der Waals surface area contributed by atoms with E-state index in [9.17, 15) is 9.90 Å². The van der Waals surface area contributed by atoms with Gasteiger partial charge in [-0.05, 0) is 45.4 Å². The number of ether oxygens (including phenoxy) is 1. The fourth-order valence-corrected chi connectivity index (χ4v) is 3.69. The number of carboxylic acids is 1. The molecule has 1 saturated heterocycles. The molecule has 2 N–H and O–H groups in total. The molecule has 0 aromatic heterocycles. The van der Waals surface area contributed by atoms with Gasteiger partial charge in [0.25, 0.3) is 0 Å². The third kappa shape index (κ3) is 3.00. The number of carboxylic acid groups (broad SMARTS) is 1. The molecule has 3 aliphatic rings. The van der Waals surface area contributed by atoms with E-state index in [-0.39, 0.29) is 6.10 Å². The summed E-state index contributed by atoms with van der Waals surface area (Å²) in [6.45, 7) is 4.91. The molecule has 114 valence electrons. The zero-order valence-corrected chi connectivity index (χ0v) is 12.3. The number of aliphatic carboxylic acids is 1. The predicted octanol–water partition coefficient (Wildman–Crippen LogP) is 1.23. The van der Waals surface area contributed by atoms with Gasteiger partial charge in [-0.15, -0.1) is 0 Å². The molecular formula is C15H26N2O3. The van der Waals surface area contributed by atoms with Gasteiger partial charge in [-0.25, -0.2) is 0 Å². The van der Waals surface area contributed by atoms with Gasteiger partial charge in [0, 0.05) is 31.8 Å². The van der Waals surface area contributed by atoms with Crippen molar-refractivity contribution < 1.29 is 14.6 Å². The highest BCUT2D eigenvalue weighted by molar-refractivity contribution is 5.79. The summed E-state index contributed by atoms with van der Waals surface area (Å²) in [7, 11) is 0. The fourth-order valence-electron chi connectivity index (χ4n) is 3.69. The lowest BCUT2D eigenvalue weighted by atomic mass is 9.97. The first-order valence-corrected chi connectivity index (χ1v) is 7.96. The SMILES string of the molecule is CC1CN(C2CCC(NC3CC3)(C(=O)O)C2)CCCO1. The molecule has 0 amide bonds. The van der Waals surface area contributed by atoms with Crippen LogP contribution in [0.2, 0.25) is 0 Å².